The lowest BCUT2D eigenvalue weighted by Gasteiger charge is -2.26. The minimum absolute atomic E-state index is 0.179. The molecule has 0 amide bonds. The highest BCUT2D eigenvalue weighted by molar-refractivity contribution is 5.60. The molecule has 0 saturated carbocycles. The van der Waals surface area contributed by atoms with Crippen LogP contribution < -0.4 is 9.64 Å². The Kier molecular flexibility index (Phi) is 7.22. The van der Waals surface area contributed by atoms with Crippen LogP contribution in [0.15, 0.2) is 73.0 Å². The van der Waals surface area contributed by atoms with Crippen LogP contribution in [0.3, 0.4) is 0 Å². The van der Waals surface area contributed by atoms with E-state index < -0.39 is 5.82 Å². The van der Waals surface area contributed by atoms with Crippen molar-refractivity contribution in [1.82, 2.24) is 4.98 Å². The number of benzene rings is 2. The molecule has 150 valence electrons. The Morgan fingerprint density at radius 1 is 0.966 bits per heavy atom. The number of aromatic nitrogens is 1. The van der Waals surface area contributed by atoms with Gasteiger partial charge in [0.25, 0.3) is 0 Å². The number of ether oxygens (including phenoxy) is 2. The third-order valence-electron chi connectivity index (χ3n) is 4.40. The van der Waals surface area contributed by atoms with E-state index in [1.165, 1.54) is 18.4 Å². The van der Waals surface area contributed by atoms with Gasteiger partial charge in [0, 0.05) is 25.2 Å². The normalized spacial score (nSPS) is 10.9. The molecule has 0 saturated heterocycles. The molecule has 4 nitrogen and oxygen atoms in total. The molecule has 1 aromatic heterocycles. The number of methoxy groups -OCH3 is 1. The number of halogens is 1. The van der Waals surface area contributed by atoms with Gasteiger partial charge in [-0.1, -0.05) is 60.7 Å². The highest BCUT2D eigenvalue weighted by Gasteiger charge is 2.18. The third kappa shape index (κ3) is 5.57. The highest BCUT2D eigenvalue weighted by Crippen LogP contribution is 2.31. The number of hydrogen-bond donors (Lipinski definition) is 0. The summed E-state index contributed by atoms with van der Waals surface area (Å²) in [5.74, 6) is -0.0581. The molecule has 0 bridgehead atoms. The van der Waals surface area contributed by atoms with Crippen LogP contribution in [0.2, 0.25) is 0 Å². The molecule has 0 aliphatic rings. The number of rotatable bonds is 9. The van der Waals surface area contributed by atoms with E-state index in [1.807, 2.05) is 67.6 Å². The zero-order valence-corrected chi connectivity index (χ0v) is 16.7. The van der Waals surface area contributed by atoms with Crippen LogP contribution in [0.1, 0.15) is 23.7 Å². The zero-order valence-electron chi connectivity index (χ0n) is 16.7. The Balaban J connectivity index is 1.98. The molecule has 5 heteroatoms. The first-order valence-electron chi connectivity index (χ1n) is 9.56. The molecule has 0 fully saturated rings. The Morgan fingerprint density at radius 3 is 2.07 bits per heavy atom. The van der Waals surface area contributed by atoms with Gasteiger partial charge in [-0.3, -0.25) is 0 Å². The van der Waals surface area contributed by atoms with Crippen molar-refractivity contribution in [3.63, 3.8) is 0 Å². The first-order valence-corrected chi connectivity index (χ1v) is 9.56. The molecule has 0 unspecified atom stereocenters. The monoisotopic (exact) mass is 392 g/mol. The van der Waals surface area contributed by atoms with Crippen LogP contribution in [0.4, 0.5) is 10.1 Å². The van der Waals surface area contributed by atoms with Crippen molar-refractivity contribution in [1.29, 1.82) is 0 Å². The fourth-order valence-corrected chi connectivity index (χ4v) is 3.01. The largest absolute Gasteiger partial charge is 0.501 e. The topological polar surface area (TPSA) is 34.6 Å². The summed E-state index contributed by atoms with van der Waals surface area (Å²) in [6.07, 6.45) is 2.94. The second-order valence-corrected chi connectivity index (χ2v) is 6.47. The van der Waals surface area contributed by atoms with Crippen LogP contribution >= 0.6 is 0 Å². The van der Waals surface area contributed by atoms with Crippen molar-refractivity contribution in [2.24, 2.45) is 0 Å². The zero-order chi connectivity index (χ0) is 20.5. The molecule has 29 heavy (non-hydrogen) atoms. The molecule has 0 aliphatic heterocycles. The average Bonchev–Trinajstić information content (AvgIpc) is 2.76. The molecule has 0 spiro atoms. The van der Waals surface area contributed by atoms with Gasteiger partial charge in [0.15, 0.2) is 5.82 Å². The number of nitrogens with zero attached hydrogens (tertiary/aromatic N) is 2. The molecule has 3 rings (SSSR count). The first-order chi connectivity index (χ1) is 14.2. The lowest BCUT2D eigenvalue weighted by molar-refractivity contribution is 0.272. The first kappa shape index (κ1) is 20.4. The quantitative estimate of drug-likeness (QED) is 0.454. The van der Waals surface area contributed by atoms with Crippen LogP contribution in [0.25, 0.3) is 6.08 Å². The number of anilines is 1. The van der Waals surface area contributed by atoms with Crippen LogP contribution in [0, 0.1) is 5.82 Å². The highest BCUT2D eigenvalue weighted by atomic mass is 19.1. The molecule has 3 aromatic rings. The summed E-state index contributed by atoms with van der Waals surface area (Å²) in [6.45, 7) is 3.57. The summed E-state index contributed by atoms with van der Waals surface area (Å²) in [5.41, 5.74) is 3.02. The molecule has 1 heterocycles. The van der Waals surface area contributed by atoms with E-state index in [9.17, 15) is 4.39 Å². The fourth-order valence-electron chi connectivity index (χ4n) is 3.01. The SMILES string of the molecule is CCO/C=C/c1nc(OC)c(N(Cc2ccccc2)Cc2ccccc2)cc1F. The number of hydrogen-bond acceptors (Lipinski definition) is 4. The van der Waals surface area contributed by atoms with Crippen molar-refractivity contribution in [3.8, 4) is 5.88 Å². The van der Waals surface area contributed by atoms with Crippen LogP contribution in [0.5, 0.6) is 5.88 Å². The van der Waals surface area contributed by atoms with Gasteiger partial charge in [-0.15, -0.1) is 0 Å². The van der Waals surface area contributed by atoms with Crippen molar-refractivity contribution < 1.29 is 13.9 Å². The molecule has 0 radical (unpaired) electrons. The summed E-state index contributed by atoms with van der Waals surface area (Å²) in [6, 6.07) is 21.6. The van der Waals surface area contributed by atoms with E-state index in [0.29, 0.717) is 31.3 Å². The smallest absolute Gasteiger partial charge is 0.238 e. The van der Waals surface area contributed by atoms with Gasteiger partial charge < -0.3 is 14.4 Å². The van der Waals surface area contributed by atoms with E-state index in [-0.39, 0.29) is 5.69 Å². The fraction of sp³-hybridized carbons (Fsp3) is 0.208. The van der Waals surface area contributed by atoms with Crippen molar-refractivity contribution in [2.75, 3.05) is 18.6 Å². The van der Waals surface area contributed by atoms with Gasteiger partial charge in [0.2, 0.25) is 5.88 Å². The standard InChI is InChI=1S/C24H25FN2O2/c1-3-29-15-14-22-21(25)16-23(24(26-22)28-2)27(17-19-10-6-4-7-11-19)18-20-12-8-5-9-13-20/h4-16H,3,17-18H2,1-2H3/b15-14+. The molecule has 0 N–H and O–H groups in total. The van der Waals surface area contributed by atoms with E-state index in [2.05, 4.69) is 9.88 Å². The van der Waals surface area contributed by atoms with Gasteiger partial charge in [-0.2, -0.15) is 0 Å². The minimum atomic E-state index is -0.428. The average molecular weight is 392 g/mol. The predicted molar refractivity (Wildman–Crippen MR) is 114 cm³/mol. The summed E-state index contributed by atoms with van der Waals surface area (Å²) in [7, 11) is 1.54. The van der Waals surface area contributed by atoms with E-state index >= 15 is 0 Å². The van der Waals surface area contributed by atoms with Crippen molar-refractivity contribution >= 4 is 11.8 Å². The van der Waals surface area contributed by atoms with E-state index in [1.54, 1.807) is 7.11 Å². The van der Waals surface area contributed by atoms with Crippen LogP contribution in [-0.2, 0) is 17.8 Å². The molecule has 0 atom stereocenters. The predicted octanol–water partition coefficient (Wildman–Crippen LogP) is 5.44. The summed E-state index contributed by atoms with van der Waals surface area (Å²) in [5, 5.41) is 0. The lowest BCUT2D eigenvalue weighted by Crippen LogP contribution is -2.23. The molecular weight excluding hydrogens is 367 g/mol. The maximum Gasteiger partial charge on any atom is 0.238 e. The minimum Gasteiger partial charge on any atom is -0.501 e. The van der Waals surface area contributed by atoms with Crippen molar-refractivity contribution in [2.45, 2.75) is 20.0 Å². The third-order valence-corrected chi connectivity index (χ3v) is 4.40. The summed E-state index contributed by atoms with van der Waals surface area (Å²) in [4.78, 5) is 6.43. The number of pyridine rings is 1. The summed E-state index contributed by atoms with van der Waals surface area (Å²) >= 11 is 0. The maximum atomic E-state index is 14.8. The van der Waals surface area contributed by atoms with Crippen molar-refractivity contribution in [3.05, 3.63) is 95.6 Å². The van der Waals surface area contributed by atoms with Gasteiger partial charge in [-0.05, 0) is 18.1 Å². The van der Waals surface area contributed by atoms with E-state index in [0.717, 1.165) is 11.1 Å². The van der Waals surface area contributed by atoms with Gasteiger partial charge in [0.1, 0.15) is 11.4 Å². The van der Waals surface area contributed by atoms with Crippen LogP contribution in [-0.4, -0.2) is 18.7 Å². The molecular formula is C24H25FN2O2. The van der Waals surface area contributed by atoms with Gasteiger partial charge in [0.05, 0.1) is 20.0 Å². The van der Waals surface area contributed by atoms with Gasteiger partial charge in [-0.25, -0.2) is 9.37 Å². The Labute approximate surface area is 171 Å². The lowest BCUT2D eigenvalue weighted by atomic mass is 10.1. The van der Waals surface area contributed by atoms with E-state index in [4.69, 9.17) is 9.47 Å². The second-order valence-electron chi connectivity index (χ2n) is 6.47. The molecule has 2 aromatic carbocycles. The second kappa shape index (κ2) is 10.3. The Morgan fingerprint density at radius 2 is 1.55 bits per heavy atom. The maximum absolute atomic E-state index is 14.8. The molecule has 0 aliphatic carbocycles. The Hall–Kier alpha value is -3.34. The summed E-state index contributed by atoms with van der Waals surface area (Å²) < 4.78 is 25.5. The van der Waals surface area contributed by atoms with Gasteiger partial charge >= 0.3 is 0 Å². The Bertz CT molecular complexity index is 889.